The quantitative estimate of drug-likeness (QED) is 0.723. The van der Waals surface area contributed by atoms with Gasteiger partial charge < -0.3 is 15.4 Å². The first-order chi connectivity index (χ1) is 8.63. The van der Waals surface area contributed by atoms with E-state index in [2.05, 4.69) is 58.6 Å². The molecule has 0 bridgehead atoms. The minimum Gasteiger partial charge on any atom is -0.383 e. The van der Waals surface area contributed by atoms with Crippen LogP contribution in [-0.2, 0) is 11.3 Å². The minimum atomic E-state index is 0.440. The first-order valence-electron chi connectivity index (χ1n) is 6.31. The maximum absolute atomic E-state index is 4.99. The average Bonchev–Trinajstić information content (AvgIpc) is 2.33. The minimum absolute atomic E-state index is 0.440. The molecule has 0 amide bonds. The van der Waals surface area contributed by atoms with Crippen molar-refractivity contribution in [3.63, 3.8) is 0 Å². The van der Waals surface area contributed by atoms with Gasteiger partial charge in [0.15, 0.2) is 0 Å². The number of methoxy groups -OCH3 is 1. The van der Waals surface area contributed by atoms with Crippen LogP contribution in [0.5, 0.6) is 0 Å². The molecule has 2 N–H and O–H groups in total. The van der Waals surface area contributed by atoms with Crippen LogP contribution in [-0.4, -0.2) is 32.8 Å². The van der Waals surface area contributed by atoms with Crippen LogP contribution in [0, 0.1) is 6.92 Å². The standard InChI is InChI=1S/C14H23BrN2O/c1-11-4-5-13(14(15)8-11)10-17-12(2)9-16-6-7-18-3/h4-5,8,12,16-17H,6-7,9-10H2,1-3H3. The summed E-state index contributed by atoms with van der Waals surface area (Å²) in [5.74, 6) is 0. The zero-order valence-corrected chi connectivity index (χ0v) is 13.0. The molecule has 0 spiro atoms. The maximum atomic E-state index is 4.99. The number of nitrogens with one attached hydrogen (secondary N) is 2. The first-order valence-corrected chi connectivity index (χ1v) is 7.11. The van der Waals surface area contributed by atoms with Crippen molar-refractivity contribution >= 4 is 15.9 Å². The van der Waals surface area contributed by atoms with Crippen molar-refractivity contribution in [2.45, 2.75) is 26.4 Å². The van der Waals surface area contributed by atoms with Crippen LogP contribution < -0.4 is 10.6 Å². The molecule has 4 heteroatoms. The molecule has 0 saturated carbocycles. The highest BCUT2D eigenvalue weighted by Crippen LogP contribution is 2.18. The van der Waals surface area contributed by atoms with Gasteiger partial charge >= 0.3 is 0 Å². The summed E-state index contributed by atoms with van der Waals surface area (Å²) in [5.41, 5.74) is 2.57. The van der Waals surface area contributed by atoms with Gasteiger partial charge in [-0.3, -0.25) is 0 Å². The fourth-order valence-corrected chi connectivity index (χ4v) is 2.28. The smallest absolute Gasteiger partial charge is 0.0587 e. The predicted octanol–water partition coefficient (Wildman–Crippen LogP) is 2.47. The van der Waals surface area contributed by atoms with E-state index in [9.17, 15) is 0 Å². The first kappa shape index (κ1) is 15.6. The van der Waals surface area contributed by atoms with Gasteiger partial charge in [-0.2, -0.15) is 0 Å². The summed E-state index contributed by atoms with van der Waals surface area (Å²) in [6.07, 6.45) is 0. The summed E-state index contributed by atoms with van der Waals surface area (Å²) in [6, 6.07) is 6.90. The van der Waals surface area contributed by atoms with Gasteiger partial charge in [0.2, 0.25) is 0 Å². The molecule has 0 heterocycles. The van der Waals surface area contributed by atoms with Gasteiger partial charge in [0.05, 0.1) is 6.61 Å². The van der Waals surface area contributed by atoms with Crippen LogP contribution in [0.4, 0.5) is 0 Å². The average molecular weight is 315 g/mol. The molecule has 102 valence electrons. The number of hydrogen-bond acceptors (Lipinski definition) is 3. The molecule has 0 aromatic heterocycles. The lowest BCUT2D eigenvalue weighted by Crippen LogP contribution is -2.37. The van der Waals surface area contributed by atoms with Crippen molar-refractivity contribution in [1.29, 1.82) is 0 Å². The van der Waals surface area contributed by atoms with Crippen molar-refractivity contribution in [2.75, 3.05) is 26.8 Å². The number of hydrogen-bond donors (Lipinski definition) is 2. The van der Waals surface area contributed by atoms with E-state index < -0.39 is 0 Å². The van der Waals surface area contributed by atoms with Crippen molar-refractivity contribution in [3.05, 3.63) is 33.8 Å². The Morgan fingerprint density at radius 2 is 2.17 bits per heavy atom. The zero-order chi connectivity index (χ0) is 13.4. The molecular weight excluding hydrogens is 292 g/mol. The van der Waals surface area contributed by atoms with Gasteiger partial charge in [-0.1, -0.05) is 28.1 Å². The highest BCUT2D eigenvalue weighted by Gasteiger charge is 2.03. The lowest BCUT2D eigenvalue weighted by atomic mass is 10.1. The summed E-state index contributed by atoms with van der Waals surface area (Å²) in [6.45, 7) is 7.78. The molecule has 0 aliphatic heterocycles. The summed E-state index contributed by atoms with van der Waals surface area (Å²) < 4.78 is 6.17. The number of halogens is 1. The molecule has 1 aromatic rings. The van der Waals surface area contributed by atoms with Crippen LogP contribution in [0.25, 0.3) is 0 Å². The molecule has 0 radical (unpaired) electrons. The van der Waals surface area contributed by atoms with Gasteiger partial charge in [-0.25, -0.2) is 0 Å². The molecule has 0 aliphatic rings. The van der Waals surface area contributed by atoms with Gasteiger partial charge in [0, 0.05) is 37.3 Å². The summed E-state index contributed by atoms with van der Waals surface area (Å²) >= 11 is 3.60. The summed E-state index contributed by atoms with van der Waals surface area (Å²) in [5, 5.41) is 6.85. The van der Waals surface area contributed by atoms with Crippen molar-refractivity contribution in [2.24, 2.45) is 0 Å². The third kappa shape index (κ3) is 5.96. The molecule has 0 aliphatic carbocycles. The molecule has 0 saturated heterocycles. The fourth-order valence-electron chi connectivity index (χ4n) is 1.64. The second-order valence-electron chi connectivity index (χ2n) is 4.57. The van der Waals surface area contributed by atoms with Crippen LogP contribution >= 0.6 is 15.9 Å². The van der Waals surface area contributed by atoms with Crippen LogP contribution in [0.15, 0.2) is 22.7 Å². The highest BCUT2D eigenvalue weighted by atomic mass is 79.9. The van der Waals surface area contributed by atoms with Crippen LogP contribution in [0.2, 0.25) is 0 Å². The number of benzene rings is 1. The Hall–Kier alpha value is -0.420. The number of aryl methyl sites for hydroxylation is 1. The molecular formula is C14H23BrN2O. The molecule has 1 atom stereocenters. The molecule has 1 aromatic carbocycles. The highest BCUT2D eigenvalue weighted by molar-refractivity contribution is 9.10. The number of rotatable bonds is 8. The SMILES string of the molecule is COCCNCC(C)NCc1ccc(C)cc1Br. The Labute approximate surface area is 118 Å². The second-order valence-corrected chi connectivity index (χ2v) is 5.43. The molecule has 3 nitrogen and oxygen atoms in total. The summed E-state index contributed by atoms with van der Waals surface area (Å²) in [4.78, 5) is 0. The van der Waals surface area contributed by atoms with E-state index in [0.29, 0.717) is 6.04 Å². The van der Waals surface area contributed by atoms with Crippen molar-refractivity contribution in [3.8, 4) is 0 Å². The van der Waals surface area contributed by atoms with E-state index in [0.717, 1.165) is 26.2 Å². The van der Waals surface area contributed by atoms with Gasteiger partial charge in [-0.05, 0) is 31.0 Å². The number of ether oxygens (including phenoxy) is 1. The lowest BCUT2D eigenvalue weighted by molar-refractivity contribution is 0.198. The van der Waals surface area contributed by atoms with E-state index in [1.165, 1.54) is 15.6 Å². The Bertz CT molecular complexity index is 358. The molecule has 1 unspecified atom stereocenters. The second kappa shape index (κ2) is 8.64. The van der Waals surface area contributed by atoms with Gasteiger partial charge in [0.25, 0.3) is 0 Å². The van der Waals surface area contributed by atoms with E-state index >= 15 is 0 Å². The van der Waals surface area contributed by atoms with E-state index in [-0.39, 0.29) is 0 Å². The molecule has 0 fully saturated rings. The van der Waals surface area contributed by atoms with Gasteiger partial charge in [-0.15, -0.1) is 0 Å². The van der Waals surface area contributed by atoms with E-state index in [4.69, 9.17) is 4.74 Å². The van der Waals surface area contributed by atoms with Crippen molar-refractivity contribution in [1.82, 2.24) is 10.6 Å². The van der Waals surface area contributed by atoms with E-state index in [1.54, 1.807) is 7.11 Å². The lowest BCUT2D eigenvalue weighted by Gasteiger charge is -2.15. The van der Waals surface area contributed by atoms with Crippen LogP contribution in [0.3, 0.4) is 0 Å². The zero-order valence-electron chi connectivity index (χ0n) is 11.4. The van der Waals surface area contributed by atoms with Crippen LogP contribution in [0.1, 0.15) is 18.1 Å². The summed E-state index contributed by atoms with van der Waals surface area (Å²) in [7, 11) is 1.72. The largest absolute Gasteiger partial charge is 0.383 e. The third-order valence-electron chi connectivity index (χ3n) is 2.78. The normalized spacial score (nSPS) is 12.7. The Morgan fingerprint density at radius 1 is 1.39 bits per heavy atom. The molecule has 18 heavy (non-hydrogen) atoms. The van der Waals surface area contributed by atoms with Gasteiger partial charge in [0.1, 0.15) is 0 Å². The maximum Gasteiger partial charge on any atom is 0.0587 e. The topological polar surface area (TPSA) is 33.3 Å². The predicted molar refractivity (Wildman–Crippen MR) is 79.9 cm³/mol. The Kier molecular flexibility index (Phi) is 7.51. The Balaban J connectivity index is 2.27. The monoisotopic (exact) mass is 314 g/mol. The Morgan fingerprint density at radius 3 is 2.83 bits per heavy atom. The third-order valence-corrected chi connectivity index (χ3v) is 3.52. The van der Waals surface area contributed by atoms with E-state index in [1.807, 2.05) is 0 Å². The molecule has 1 rings (SSSR count). The van der Waals surface area contributed by atoms with Crippen molar-refractivity contribution < 1.29 is 4.74 Å². The fraction of sp³-hybridized carbons (Fsp3) is 0.571.